The topological polar surface area (TPSA) is 81.4 Å². The number of nitrogens with two attached hydrogens (primary N) is 1. The second kappa shape index (κ2) is 6.76. The zero-order chi connectivity index (χ0) is 15.2. The van der Waals surface area contributed by atoms with Crippen LogP contribution in [0.3, 0.4) is 0 Å². The fourth-order valence-electron chi connectivity index (χ4n) is 1.55. The highest BCUT2D eigenvalue weighted by Crippen LogP contribution is 2.13. The van der Waals surface area contributed by atoms with Crippen LogP contribution in [0.5, 0.6) is 5.75 Å². The van der Waals surface area contributed by atoms with Gasteiger partial charge in [-0.15, -0.1) is 0 Å². The summed E-state index contributed by atoms with van der Waals surface area (Å²) < 4.78 is 5.24. The molecule has 21 heavy (non-hydrogen) atoms. The highest BCUT2D eigenvalue weighted by Gasteiger charge is 2.10. The average Bonchev–Trinajstić information content (AvgIpc) is 2.47. The van der Waals surface area contributed by atoms with Crippen LogP contribution < -0.4 is 15.8 Å². The lowest BCUT2D eigenvalue weighted by Gasteiger charge is -2.07. The third kappa shape index (κ3) is 4.50. The lowest BCUT2D eigenvalue weighted by atomic mass is 10.2. The molecule has 2 rings (SSSR count). The third-order valence-corrected chi connectivity index (χ3v) is 2.86. The van der Waals surface area contributed by atoms with E-state index in [4.69, 9.17) is 22.1 Å². The molecule has 3 N–H and O–H groups in total. The van der Waals surface area contributed by atoms with E-state index < -0.39 is 11.8 Å². The highest BCUT2D eigenvalue weighted by molar-refractivity contribution is 6.30. The van der Waals surface area contributed by atoms with Crippen LogP contribution in [0.2, 0.25) is 5.02 Å². The molecule has 0 aliphatic heterocycles. The summed E-state index contributed by atoms with van der Waals surface area (Å²) in [6.45, 7) is -0.261. The Morgan fingerprint density at radius 1 is 1.05 bits per heavy atom. The molecule has 0 atom stereocenters. The summed E-state index contributed by atoms with van der Waals surface area (Å²) in [5.74, 6) is -0.539. The van der Waals surface area contributed by atoms with E-state index in [1.165, 1.54) is 12.1 Å². The Morgan fingerprint density at radius 3 is 2.29 bits per heavy atom. The largest absolute Gasteiger partial charge is 0.484 e. The molecule has 5 nitrogen and oxygen atoms in total. The average molecular weight is 305 g/mol. The number of nitrogen functional groups attached to an aromatic ring is 1. The molecular formula is C15H13ClN2O3. The second-order valence-electron chi connectivity index (χ2n) is 4.24. The van der Waals surface area contributed by atoms with Crippen molar-refractivity contribution in [2.45, 2.75) is 0 Å². The van der Waals surface area contributed by atoms with Crippen molar-refractivity contribution in [2.75, 3.05) is 12.3 Å². The molecule has 0 fully saturated rings. The summed E-state index contributed by atoms with van der Waals surface area (Å²) in [6.07, 6.45) is 0. The van der Waals surface area contributed by atoms with Crippen LogP contribution in [0.15, 0.2) is 48.5 Å². The molecule has 0 unspecified atom stereocenters. The van der Waals surface area contributed by atoms with E-state index >= 15 is 0 Å². The molecule has 0 radical (unpaired) electrons. The maximum atomic E-state index is 11.8. The minimum Gasteiger partial charge on any atom is -0.484 e. The van der Waals surface area contributed by atoms with Gasteiger partial charge in [0, 0.05) is 16.3 Å². The first-order chi connectivity index (χ1) is 10.0. The minimum absolute atomic E-state index is 0.261. The van der Waals surface area contributed by atoms with Gasteiger partial charge in [0.1, 0.15) is 5.75 Å². The monoisotopic (exact) mass is 304 g/mol. The van der Waals surface area contributed by atoms with E-state index in [-0.39, 0.29) is 6.61 Å². The van der Waals surface area contributed by atoms with Crippen molar-refractivity contribution in [2.24, 2.45) is 0 Å². The standard InChI is InChI=1S/C15H13ClN2O3/c16-11-3-1-10(2-4-11)15(20)18-14(19)9-21-13-7-5-12(17)6-8-13/h1-8H,9,17H2,(H,18,19,20). The lowest BCUT2D eigenvalue weighted by Crippen LogP contribution is -2.34. The maximum Gasteiger partial charge on any atom is 0.264 e. The smallest absolute Gasteiger partial charge is 0.264 e. The van der Waals surface area contributed by atoms with Gasteiger partial charge in [-0.25, -0.2) is 0 Å². The number of carbonyl (C=O) groups excluding carboxylic acids is 2. The second-order valence-corrected chi connectivity index (χ2v) is 4.68. The van der Waals surface area contributed by atoms with E-state index in [1.54, 1.807) is 36.4 Å². The molecule has 2 amide bonds. The normalized spacial score (nSPS) is 9.95. The van der Waals surface area contributed by atoms with Crippen LogP contribution in [0.4, 0.5) is 5.69 Å². The minimum atomic E-state index is -0.535. The van der Waals surface area contributed by atoms with Crippen LogP contribution in [0.1, 0.15) is 10.4 Å². The Bertz CT molecular complexity index is 639. The molecule has 0 bridgehead atoms. The van der Waals surface area contributed by atoms with Crippen LogP contribution >= 0.6 is 11.6 Å². The fourth-order valence-corrected chi connectivity index (χ4v) is 1.68. The van der Waals surface area contributed by atoms with E-state index in [9.17, 15) is 9.59 Å². The number of halogens is 1. The molecule has 0 aromatic heterocycles. The first-order valence-electron chi connectivity index (χ1n) is 6.12. The molecule has 0 heterocycles. The molecule has 0 saturated carbocycles. The van der Waals surface area contributed by atoms with Crippen LogP contribution in [-0.4, -0.2) is 18.4 Å². The zero-order valence-corrected chi connectivity index (χ0v) is 11.8. The Balaban J connectivity index is 1.85. The van der Waals surface area contributed by atoms with Gasteiger partial charge in [-0.05, 0) is 48.5 Å². The molecule has 0 spiro atoms. The lowest BCUT2D eigenvalue weighted by molar-refractivity contribution is -0.122. The van der Waals surface area contributed by atoms with E-state index in [2.05, 4.69) is 5.32 Å². The Morgan fingerprint density at radius 2 is 1.67 bits per heavy atom. The van der Waals surface area contributed by atoms with E-state index in [0.29, 0.717) is 22.0 Å². The number of nitrogens with one attached hydrogen (secondary N) is 1. The zero-order valence-electron chi connectivity index (χ0n) is 11.0. The van der Waals surface area contributed by atoms with Gasteiger partial charge in [-0.2, -0.15) is 0 Å². The van der Waals surface area contributed by atoms with Crippen LogP contribution in [0.25, 0.3) is 0 Å². The van der Waals surface area contributed by atoms with Gasteiger partial charge in [0.15, 0.2) is 6.61 Å². The summed E-state index contributed by atoms with van der Waals surface area (Å²) >= 11 is 5.72. The van der Waals surface area contributed by atoms with Crippen LogP contribution in [0, 0.1) is 0 Å². The molecule has 108 valence electrons. The number of anilines is 1. The van der Waals surface area contributed by atoms with E-state index in [1.807, 2.05) is 0 Å². The fraction of sp³-hybridized carbons (Fsp3) is 0.0667. The van der Waals surface area contributed by atoms with E-state index in [0.717, 1.165) is 0 Å². The Kier molecular flexibility index (Phi) is 4.79. The number of amides is 2. The number of hydrogen-bond acceptors (Lipinski definition) is 4. The van der Waals surface area contributed by atoms with Crippen molar-refractivity contribution in [1.82, 2.24) is 5.32 Å². The summed E-state index contributed by atoms with van der Waals surface area (Å²) in [4.78, 5) is 23.4. The maximum absolute atomic E-state index is 11.8. The highest BCUT2D eigenvalue weighted by atomic mass is 35.5. The summed E-state index contributed by atoms with van der Waals surface area (Å²) in [6, 6.07) is 12.8. The first kappa shape index (κ1) is 14.9. The van der Waals surface area contributed by atoms with Crippen molar-refractivity contribution in [1.29, 1.82) is 0 Å². The Labute approximate surface area is 126 Å². The summed E-state index contributed by atoms with van der Waals surface area (Å²) in [5.41, 5.74) is 6.48. The Hall–Kier alpha value is -2.53. The van der Waals surface area contributed by atoms with Gasteiger partial charge in [0.25, 0.3) is 11.8 Å². The molecule has 0 aliphatic carbocycles. The van der Waals surface area contributed by atoms with Gasteiger partial charge in [-0.3, -0.25) is 14.9 Å². The van der Waals surface area contributed by atoms with Gasteiger partial charge < -0.3 is 10.5 Å². The van der Waals surface area contributed by atoms with Gasteiger partial charge in [0.05, 0.1) is 0 Å². The van der Waals surface area contributed by atoms with Crippen molar-refractivity contribution < 1.29 is 14.3 Å². The first-order valence-corrected chi connectivity index (χ1v) is 6.50. The predicted octanol–water partition coefficient (Wildman–Crippen LogP) is 2.26. The van der Waals surface area contributed by atoms with Gasteiger partial charge in [0.2, 0.25) is 0 Å². The molecular weight excluding hydrogens is 292 g/mol. The van der Waals surface area contributed by atoms with Crippen molar-refractivity contribution in [3.05, 3.63) is 59.1 Å². The molecule has 6 heteroatoms. The predicted molar refractivity (Wildman–Crippen MR) is 80.3 cm³/mol. The quantitative estimate of drug-likeness (QED) is 0.849. The summed E-state index contributed by atoms with van der Waals surface area (Å²) in [5, 5.41) is 2.74. The van der Waals surface area contributed by atoms with Gasteiger partial charge in [-0.1, -0.05) is 11.6 Å². The SMILES string of the molecule is Nc1ccc(OCC(=O)NC(=O)c2ccc(Cl)cc2)cc1. The number of carbonyl (C=O) groups is 2. The molecule has 2 aromatic rings. The number of rotatable bonds is 4. The number of hydrogen-bond donors (Lipinski definition) is 2. The molecule has 0 aliphatic rings. The van der Waals surface area contributed by atoms with Crippen molar-refractivity contribution >= 4 is 29.1 Å². The van der Waals surface area contributed by atoms with Crippen molar-refractivity contribution in [3.63, 3.8) is 0 Å². The molecule has 0 saturated heterocycles. The number of ether oxygens (including phenoxy) is 1. The van der Waals surface area contributed by atoms with Gasteiger partial charge >= 0.3 is 0 Å². The third-order valence-electron chi connectivity index (χ3n) is 2.61. The van der Waals surface area contributed by atoms with Crippen LogP contribution in [-0.2, 0) is 4.79 Å². The summed E-state index contributed by atoms with van der Waals surface area (Å²) in [7, 11) is 0. The number of benzene rings is 2. The van der Waals surface area contributed by atoms with Crippen molar-refractivity contribution in [3.8, 4) is 5.75 Å². The number of imide groups is 1. The molecule has 2 aromatic carbocycles.